The summed E-state index contributed by atoms with van der Waals surface area (Å²) in [5.41, 5.74) is 8.90. The van der Waals surface area contributed by atoms with E-state index in [4.69, 9.17) is 5.73 Å². The molecule has 2 aromatic heterocycles. The molecule has 0 unspecified atom stereocenters. The van der Waals surface area contributed by atoms with Crippen LogP contribution in [0, 0.1) is 0 Å². The molecule has 0 bridgehead atoms. The van der Waals surface area contributed by atoms with E-state index in [0.29, 0.717) is 12.1 Å². The second-order valence-corrected chi connectivity index (χ2v) is 5.56. The average molecular weight is 298 g/mol. The molecule has 0 saturated heterocycles. The van der Waals surface area contributed by atoms with Crippen molar-refractivity contribution >= 4 is 22.9 Å². The third-order valence-corrected chi connectivity index (χ3v) is 4.04. The summed E-state index contributed by atoms with van der Waals surface area (Å²) in [7, 11) is 0. The molecule has 0 fully saturated rings. The minimum Gasteiger partial charge on any atom is -0.380 e. The van der Waals surface area contributed by atoms with Gasteiger partial charge in [-0.2, -0.15) is 5.10 Å². The number of aromatic amines is 1. The number of benzene rings is 1. The lowest BCUT2D eigenvalue weighted by Gasteiger charge is -2.05. The van der Waals surface area contributed by atoms with Gasteiger partial charge in [0.2, 0.25) is 5.91 Å². The minimum atomic E-state index is -0.388. The van der Waals surface area contributed by atoms with Crippen LogP contribution in [0.1, 0.15) is 15.2 Å². The van der Waals surface area contributed by atoms with E-state index >= 15 is 0 Å². The van der Waals surface area contributed by atoms with Gasteiger partial charge in [0.1, 0.15) is 0 Å². The number of anilines is 1. The van der Waals surface area contributed by atoms with Crippen LogP contribution in [0.15, 0.2) is 48.0 Å². The highest BCUT2D eigenvalue weighted by molar-refractivity contribution is 7.10. The van der Waals surface area contributed by atoms with Crippen LogP contribution in [0.5, 0.6) is 0 Å². The highest BCUT2D eigenvalue weighted by Gasteiger charge is 2.04. The molecular weight excluding hydrogens is 284 g/mol. The van der Waals surface area contributed by atoms with E-state index in [9.17, 15) is 4.79 Å². The molecule has 0 atom stereocenters. The first kappa shape index (κ1) is 13.4. The standard InChI is InChI=1S/C15H14N4OS/c16-15(20)11-7-13(21-9-11)8-17-12-3-1-10(2-4-12)14-5-6-18-19-14/h1-7,9,17H,8H2,(H2,16,20)(H,18,19). The molecule has 0 saturated carbocycles. The Hall–Kier alpha value is -2.60. The van der Waals surface area contributed by atoms with Crippen LogP contribution < -0.4 is 11.1 Å². The Morgan fingerprint density at radius 2 is 2.10 bits per heavy atom. The van der Waals surface area contributed by atoms with Crippen LogP contribution in [0.2, 0.25) is 0 Å². The van der Waals surface area contributed by atoms with E-state index in [1.54, 1.807) is 11.6 Å². The van der Waals surface area contributed by atoms with Crippen molar-refractivity contribution in [3.8, 4) is 11.3 Å². The smallest absolute Gasteiger partial charge is 0.249 e. The number of H-pyrrole nitrogens is 1. The van der Waals surface area contributed by atoms with E-state index in [0.717, 1.165) is 21.8 Å². The Kier molecular flexibility index (Phi) is 3.70. The first-order valence-electron chi connectivity index (χ1n) is 6.43. The van der Waals surface area contributed by atoms with Gasteiger partial charge in [-0.1, -0.05) is 12.1 Å². The molecule has 1 aromatic carbocycles. The Morgan fingerprint density at radius 3 is 2.71 bits per heavy atom. The summed E-state index contributed by atoms with van der Waals surface area (Å²) >= 11 is 1.52. The summed E-state index contributed by atoms with van der Waals surface area (Å²) in [5.74, 6) is -0.388. The molecular formula is C15H14N4OS. The molecule has 5 nitrogen and oxygen atoms in total. The maximum Gasteiger partial charge on any atom is 0.249 e. The monoisotopic (exact) mass is 298 g/mol. The second-order valence-electron chi connectivity index (χ2n) is 4.57. The molecule has 4 N–H and O–H groups in total. The lowest BCUT2D eigenvalue weighted by molar-refractivity contribution is 0.100. The van der Waals surface area contributed by atoms with Crippen molar-refractivity contribution in [3.63, 3.8) is 0 Å². The summed E-state index contributed by atoms with van der Waals surface area (Å²) in [5, 5.41) is 12.0. The second kappa shape index (κ2) is 5.80. The van der Waals surface area contributed by atoms with E-state index in [-0.39, 0.29) is 5.91 Å². The maximum atomic E-state index is 11.0. The highest BCUT2D eigenvalue weighted by Crippen LogP contribution is 2.20. The van der Waals surface area contributed by atoms with Crippen LogP contribution in [-0.4, -0.2) is 16.1 Å². The van der Waals surface area contributed by atoms with Crippen LogP contribution >= 0.6 is 11.3 Å². The summed E-state index contributed by atoms with van der Waals surface area (Å²) in [4.78, 5) is 12.1. The number of hydrogen-bond donors (Lipinski definition) is 3. The lowest BCUT2D eigenvalue weighted by atomic mass is 10.1. The first-order chi connectivity index (χ1) is 10.2. The van der Waals surface area contributed by atoms with E-state index < -0.39 is 0 Å². The number of rotatable bonds is 5. The Labute approximate surface area is 125 Å². The zero-order valence-electron chi connectivity index (χ0n) is 11.2. The normalized spacial score (nSPS) is 10.5. The molecule has 21 heavy (non-hydrogen) atoms. The number of nitrogens with zero attached hydrogens (tertiary/aromatic N) is 1. The van der Waals surface area contributed by atoms with Gasteiger partial charge in [-0.25, -0.2) is 0 Å². The number of nitrogens with one attached hydrogen (secondary N) is 2. The van der Waals surface area contributed by atoms with Crippen molar-refractivity contribution in [3.05, 3.63) is 58.4 Å². The zero-order valence-corrected chi connectivity index (χ0v) is 12.0. The topological polar surface area (TPSA) is 83.8 Å². The predicted octanol–water partition coefficient (Wildman–Crippen LogP) is 2.85. The van der Waals surface area contributed by atoms with Gasteiger partial charge in [-0.15, -0.1) is 11.3 Å². The number of primary amides is 1. The number of nitrogens with two attached hydrogens (primary N) is 1. The van der Waals surface area contributed by atoms with Crippen molar-refractivity contribution in [2.75, 3.05) is 5.32 Å². The summed E-state index contributed by atoms with van der Waals surface area (Å²) < 4.78 is 0. The van der Waals surface area contributed by atoms with Gasteiger partial charge in [-0.05, 0) is 29.8 Å². The molecule has 6 heteroatoms. The third-order valence-electron chi connectivity index (χ3n) is 3.10. The quantitative estimate of drug-likeness (QED) is 0.677. The number of aromatic nitrogens is 2. The lowest BCUT2D eigenvalue weighted by Crippen LogP contribution is -2.09. The number of thiophene rings is 1. The van der Waals surface area contributed by atoms with Crippen molar-refractivity contribution in [1.82, 2.24) is 10.2 Å². The van der Waals surface area contributed by atoms with Crippen molar-refractivity contribution in [2.45, 2.75) is 6.54 Å². The molecule has 0 aliphatic rings. The Bertz CT molecular complexity index is 731. The van der Waals surface area contributed by atoms with Crippen LogP contribution in [0.25, 0.3) is 11.3 Å². The van der Waals surface area contributed by atoms with Gasteiger partial charge in [-0.3, -0.25) is 9.89 Å². The molecule has 0 spiro atoms. The Balaban J connectivity index is 1.64. The molecule has 0 radical (unpaired) electrons. The molecule has 0 aliphatic heterocycles. The molecule has 1 amide bonds. The third kappa shape index (κ3) is 3.11. The van der Waals surface area contributed by atoms with Crippen LogP contribution in [0.3, 0.4) is 0 Å². The molecule has 2 heterocycles. The van der Waals surface area contributed by atoms with Gasteiger partial charge in [0.15, 0.2) is 0 Å². The predicted molar refractivity (Wildman–Crippen MR) is 84.2 cm³/mol. The van der Waals surface area contributed by atoms with Gasteiger partial charge in [0, 0.05) is 28.7 Å². The SMILES string of the molecule is NC(=O)c1csc(CNc2ccc(-c3ccn[nH]3)cc2)c1. The van der Waals surface area contributed by atoms with E-state index in [1.807, 2.05) is 36.4 Å². The fraction of sp³-hybridized carbons (Fsp3) is 0.0667. The number of hydrogen-bond acceptors (Lipinski definition) is 4. The van der Waals surface area contributed by atoms with Crippen molar-refractivity contribution in [2.24, 2.45) is 5.73 Å². The summed E-state index contributed by atoms with van der Waals surface area (Å²) in [6, 6.07) is 11.8. The summed E-state index contributed by atoms with van der Waals surface area (Å²) in [6.45, 7) is 0.668. The number of amides is 1. The van der Waals surface area contributed by atoms with E-state index in [1.165, 1.54) is 11.3 Å². The maximum absolute atomic E-state index is 11.0. The van der Waals surface area contributed by atoms with E-state index in [2.05, 4.69) is 15.5 Å². The van der Waals surface area contributed by atoms with Crippen molar-refractivity contribution < 1.29 is 4.79 Å². The molecule has 0 aliphatic carbocycles. The molecule has 106 valence electrons. The fourth-order valence-electron chi connectivity index (χ4n) is 1.98. The van der Waals surface area contributed by atoms with Gasteiger partial charge in [0.05, 0.1) is 11.3 Å². The molecule has 3 aromatic rings. The highest BCUT2D eigenvalue weighted by atomic mass is 32.1. The zero-order chi connectivity index (χ0) is 14.7. The summed E-state index contributed by atoms with van der Waals surface area (Å²) in [6.07, 6.45) is 1.73. The van der Waals surface area contributed by atoms with Gasteiger partial charge in [0.25, 0.3) is 0 Å². The number of carbonyl (C=O) groups excluding carboxylic acids is 1. The average Bonchev–Trinajstić information content (AvgIpc) is 3.17. The van der Waals surface area contributed by atoms with Crippen LogP contribution in [-0.2, 0) is 6.54 Å². The molecule has 3 rings (SSSR count). The minimum absolute atomic E-state index is 0.388. The van der Waals surface area contributed by atoms with Gasteiger partial charge < -0.3 is 11.1 Å². The van der Waals surface area contributed by atoms with Crippen molar-refractivity contribution in [1.29, 1.82) is 0 Å². The number of carbonyl (C=O) groups is 1. The van der Waals surface area contributed by atoms with Gasteiger partial charge >= 0.3 is 0 Å². The largest absolute Gasteiger partial charge is 0.380 e. The fourth-order valence-corrected chi connectivity index (χ4v) is 2.79. The first-order valence-corrected chi connectivity index (χ1v) is 7.31. The Morgan fingerprint density at radius 1 is 1.29 bits per heavy atom. The van der Waals surface area contributed by atoms with Crippen LogP contribution in [0.4, 0.5) is 5.69 Å².